The van der Waals surface area contributed by atoms with E-state index < -0.39 is 0 Å². The molecule has 23 heavy (non-hydrogen) atoms. The van der Waals surface area contributed by atoms with E-state index in [0.29, 0.717) is 6.04 Å². The van der Waals surface area contributed by atoms with Crippen LogP contribution >= 0.6 is 12.2 Å². The van der Waals surface area contributed by atoms with Crippen molar-refractivity contribution in [3.05, 3.63) is 29.3 Å². The zero-order valence-corrected chi connectivity index (χ0v) is 14.0. The first-order chi connectivity index (χ1) is 11.3. The Bertz CT molecular complexity index is 776. The first kappa shape index (κ1) is 13.9. The molecule has 1 saturated heterocycles. The van der Waals surface area contributed by atoms with Gasteiger partial charge in [0, 0.05) is 36.6 Å². The van der Waals surface area contributed by atoms with E-state index in [2.05, 4.69) is 20.5 Å². The molecule has 0 spiro atoms. The predicted molar refractivity (Wildman–Crippen MR) is 90.4 cm³/mol. The Kier molecular flexibility index (Phi) is 3.16. The minimum atomic E-state index is 0.529. The number of fused-ring (bicyclic) bond motifs is 2. The van der Waals surface area contributed by atoms with Crippen LogP contribution in [0.15, 0.2) is 24.5 Å². The molecule has 0 aromatic carbocycles. The lowest BCUT2D eigenvalue weighted by molar-refractivity contribution is 0.158. The van der Waals surface area contributed by atoms with Crippen molar-refractivity contribution in [1.82, 2.24) is 24.2 Å². The standard InChI is InChI=1S/C17H21N5S/c23-17-21(11-20-10-12-3-4-15(20)8-12)19-16(22(17)14-5-6-14)13-2-1-7-18-9-13/h1-2,7,9,12,14-15H,3-6,8,10-11H2. The number of hydrogen-bond acceptors (Lipinski definition) is 4. The third kappa shape index (κ3) is 2.35. The Morgan fingerprint density at radius 2 is 2.04 bits per heavy atom. The summed E-state index contributed by atoms with van der Waals surface area (Å²) in [4.78, 5) is 6.82. The second kappa shape index (κ2) is 5.24. The number of piperidine rings is 1. The Morgan fingerprint density at radius 3 is 2.70 bits per heavy atom. The van der Waals surface area contributed by atoms with Crippen molar-refractivity contribution in [3.63, 3.8) is 0 Å². The first-order valence-electron chi connectivity index (χ1n) is 8.63. The van der Waals surface area contributed by atoms with Gasteiger partial charge in [-0.2, -0.15) is 5.10 Å². The van der Waals surface area contributed by atoms with Crippen LogP contribution in [-0.2, 0) is 6.67 Å². The molecule has 5 nitrogen and oxygen atoms in total. The largest absolute Gasteiger partial charge is 0.297 e. The summed E-state index contributed by atoms with van der Waals surface area (Å²) in [5.41, 5.74) is 1.06. The van der Waals surface area contributed by atoms with Crippen molar-refractivity contribution < 1.29 is 0 Å². The Labute approximate surface area is 140 Å². The van der Waals surface area contributed by atoms with E-state index in [-0.39, 0.29) is 0 Å². The lowest BCUT2D eigenvalue weighted by Crippen LogP contribution is -2.34. The van der Waals surface area contributed by atoms with Crippen LogP contribution in [-0.4, -0.2) is 36.8 Å². The average molecular weight is 327 g/mol. The van der Waals surface area contributed by atoms with Crippen molar-refractivity contribution in [1.29, 1.82) is 0 Å². The maximum Gasteiger partial charge on any atom is 0.199 e. The van der Waals surface area contributed by atoms with Crippen molar-refractivity contribution in [2.75, 3.05) is 6.54 Å². The second-order valence-corrected chi connectivity index (χ2v) is 7.56. The summed E-state index contributed by atoms with van der Waals surface area (Å²) in [5, 5.41) is 4.88. The maximum absolute atomic E-state index is 5.77. The summed E-state index contributed by atoms with van der Waals surface area (Å²) in [7, 11) is 0. The minimum Gasteiger partial charge on any atom is -0.297 e. The van der Waals surface area contributed by atoms with Crippen LogP contribution in [0.1, 0.15) is 38.1 Å². The van der Waals surface area contributed by atoms with Crippen LogP contribution in [0, 0.1) is 10.7 Å². The SMILES string of the molecule is S=c1n(CN2CC3CCC2C3)nc(-c2cccnc2)n1C1CC1. The zero-order valence-electron chi connectivity index (χ0n) is 13.1. The van der Waals surface area contributed by atoms with Crippen molar-refractivity contribution >= 4 is 12.2 Å². The van der Waals surface area contributed by atoms with Gasteiger partial charge in [0.2, 0.25) is 0 Å². The molecule has 2 aromatic heterocycles. The summed E-state index contributed by atoms with van der Waals surface area (Å²) in [5.74, 6) is 1.88. The molecule has 0 radical (unpaired) electrons. The zero-order chi connectivity index (χ0) is 15.4. The molecular weight excluding hydrogens is 306 g/mol. The van der Waals surface area contributed by atoms with Crippen molar-refractivity contribution in [3.8, 4) is 11.4 Å². The fourth-order valence-corrected chi connectivity index (χ4v) is 4.57. The molecule has 3 aliphatic rings. The van der Waals surface area contributed by atoms with Gasteiger partial charge in [0.1, 0.15) is 0 Å². The number of pyridine rings is 1. The molecule has 2 unspecified atom stereocenters. The molecule has 2 bridgehead atoms. The maximum atomic E-state index is 5.77. The van der Waals surface area contributed by atoms with Crippen molar-refractivity contribution in [2.45, 2.75) is 50.9 Å². The predicted octanol–water partition coefficient (Wildman–Crippen LogP) is 3.25. The second-order valence-electron chi connectivity index (χ2n) is 7.19. The van der Waals surface area contributed by atoms with E-state index in [1.54, 1.807) is 6.20 Å². The molecule has 0 N–H and O–H groups in total. The van der Waals surface area contributed by atoms with E-state index in [1.165, 1.54) is 38.6 Å². The van der Waals surface area contributed by atoms with Gasteiger partial charge in [0.15, 0.2) is 10.6 Å². The van der Waals surface area contributed by atoms with E-state index in [1.807, 2.05) is 16.9 Å². The summed E-state index contributed by atoms with van der Waals surface area (Å²) >= 11 is 5.77. The van der Waals surface area contributed by atoms with Crippen LogP contribution in [0.3, 0.4) is 0 Å². The molecular formula is C17H21N5S. The Morgan fingerprint density at radius 1 is 1.17 bits per heavy atom. The van der Waals surface area contributed by atoms with E-state index in [4.69, 9.17) is 17.3 Å². The van der Waals surface area contributed by atoms with E-state index in [9.17, 15) is 0 Å². The normalized spacial score (nSPS) is 27.0. The molecule has 6 heteroatoms. The first-order valence-corrected chi connectivity index (χ1v) is 9.04. The van der Waals surface area contributed by atoms with Gasteiger partial charge in [-0.1, -0.05) is 0 Å². The molecule has 5 rings (SSSR count). The van der Waals surface area contributed by atoms with Crippen LogP contribution in [0.2, 0.25) is 0 Å². The van der Waals surface area contributed by atoms with Gasteiger partial charge >= 0.3 is 0 Å². The Balaban J connectivity index is 1.51. The third-order valence-electron chi connectivity index (χ3n) is 5.54. The highest BCUT2D eigenvalue weighted by Gasteiger charge is 2.38. The molecule has 2 saturated carbocycles. The molecule has 2 atom stereocenters. The topological polar surface area (TPSA) is 38.9 Å². The van der Waals surface area contributed by atoms with Crippen LogP contribution < -0.4 is 0 Å². The van der Waals surface area contributed by atoms with Crippen LogP contribution in [0.5, 0.6) is 0 Å². The number of nitrogens with zero attached hydrogens (tertiary/aromatic N) is 5. The summed E-state index contributed by atoms with van der Waals surface area (Å²) in [6.45, 7) is 2.05. The number of hydrogen-bond donors (Lipinski definition) is 0. The number of likely N-dealkylation sites (tertiary alicyclic amines) is 1. The highest BCUT2D eigenvalue weighted by Crippen LogP contribution is 2.40. The van der Waals surface area contributed by atoms with Gasteiger partial charge in [-0.25, -0.2) is 4.68 Å². The van der Waals surface area contributed by atoms with Gasteiger partial charge < -0.3 is 0 Å². The van der Waals surface area contributed by atoms with Gasteiger partial charge in [-0.15, -0.1) is 0 Å². The molecule has 120 valence electrons. The van der Waals surface area contributed by atoms with Gasteiger partial charge in [0.25, 0.3) is 0 Å². The number of aromatic nitrogens is 4. The highest BCUT2D eigenvalue weighted by atomic mass is 32.1. The lowest BCUT2D eigenvalue weighted by atomic mass is 10.1. The minimum absolute atomic E-state index is 0.529. The third-order valence-corrected chi connectivity index (χ3v) is 5.95. The Hall–Kier alpha value is -1.53. The smallest absolute Gasteiger partial charge is 0.199 e. The van der Waals surface area contributed by atoms with Gasteiger partial charge in [0.05, 0.1) is 6.67 Å². The fourth-order valence-electron chi connectivity index (χ4n) is 4.24. The van der Waals surface area contributed by atoms with Gasteiger partial charge in [-0.3, -0.25) is 14.5 Å². The van der Waals surface area contributed by atoms with Crippen LogP contribution in [0.4, 0.5) is 0 Å². The molecule has 3 heterocycles. The van der Waals surface area contributed by atoms with E-state index in [0.717, 1.165) is 34.8 Å². The molecule has 2 aromatic rings. The molecule has 2 aliphatic carbocycles. The van der Waals surface area contributed by atoms with Gasteiger partial charge in [-0.05, 0) is 62.4 Å². The molecule has 1 aliphatic heterocycles. The summed E-state index contributed by atoms with van der Waals surface area (Å²) in [6, 6.07) is 5.32. The van der Waals surface area contributed by atoms with E-state index >= 15 is 0 Å². The van der Waals surface area contributed by atoms with Crippen LogP contribution in [0.25, 0.3) is 11.4 Å². The summed E-state index contributed by atoms with van der Waals surface area (Å²) < 4.78 is 5.16. The highest BCUT2D eigenvalue weighted by molar-refractivity contribution is 7.71. The molecule has 3 fully saturated rings. The monoisotopic (exact) mass is 327 g/mol. The lowest BCUT2D eigenvalue weighted by Gasteiger charge is -2.26. The fraction of sp³-hybridized carbons (Fsp3) is 0.588. The van der Waals surface area contributed by atoms with Crippen molar-refractivity contribution in [2.24, 2.45) is 5.92 Å². The number of rotatable bonds is 4. The summed E-state index contributed by atoms with van der Waals surface area (Å²) in [6.07, 6.45) is 10.2. The molecule has 0 amide bonds. The quantitative estimate of drug-likeness (QED) is 0.808. The average Bonchev–Trinajstić information content (AvgIpc) is 3.06.